The molecule has 1 aliphatic heterocycles. The topological polar surface area (TPSA) is 84.9 Å². The fourth-order valence-electron chi connectivity index (χ4n) is 1.64. The number of hydrogen-bond acceptors (Lipinski definition) is 4. The monoisotopic (exact) mass is 245 g/mol. The molecule has 1 aliphatic rings. The molecule has 6 nitrogen and oxygen atoms in total. The lowest BCUT2D eigenvalue weighted by Gasteiger charge is -2.23. The van der Waals surface area contributed by atoms with Crippen LogP contribution in [-0.4, -0.2) is 42.0 Å². The van der Waals surface area contributed by atoms with Crippen LogP contribution in [0.1, 0.15) is 27.2 Å². The summed E-state index contributed by atoms with van der Waals surface area (Å²) in [5.74, 6) is -1.09. The predicted octanol–water partition coefficient (Wildman–Crippen LogP) is 1.00. The van der Waals surface area contributed by atoms with E-state index < -0.39 is 17.7 Å². The minimum absolute atomic E-state index is 0.0134. The third-order valence-corrected chi connectivity index (χ3v) is 2.34. The number of aliphatic carboxylic acids is 1. The van der Waals surface area contributed by atoms with Gasteiger partial charge >= 0.3 is 12.1 Å². The second-order valence-corrected chi connectivity index (χ2v) is 5.15. The highest BCUT2D eigenvalue weighted by Gasteiger charge is 2.32. The first-order chi connectivity index (χ1) is 7.78. The molecule has 0 saturated carbocycles. The summed E-state index contributed by atoms with van der Waals surface area (Å²) in [5.41, 5.74) is -0.564. The lowest BCUT2D eigenvalue weighted by molar-refractivity contribution is -0.138. The van der Waals surface area contributed by atoms with E-state index in [9.17, 15) is 9.59 Å². The minimum atomic E-state index is -0.892. The summed E-state index contributed by atoms with van der Waals surface area (Å²) in [5, 5.41) is 11.4. The maximum Gasteiger partial charge on any atom is 0.407 e. The molecule has 0 aliphatic carbocycles. The van der Waals surface area contributed by atoms with Crippen LogP contribution < -0.4 is 5.32 Å². The van der Waals surface area contributed by atoms with Crippen LogP contribution in [0.25, 0.3) is 0 Å². The molecule has 17 heavy (non-hydrogen) atoms. The van der Waals surface area contributed by atoms with Gasteiger partial charge in [0.05, 0.1) is 25.7 Å². The molecule has 1 amide bonds. The molecule has 0 spiro atoms. The van der Waals surface area contributed by atoms with Gasteiger partial charge in [0.15, 0.2) is 0 Å². The van der Waals surface area contributed by atoms with E-state index in [1.54, 1.807) is 20.8 Å². The second-order valence-electron chi connectivity index (χ2n) is 5.15. The van der Waals surface area contributed by atoms with Crippen molar-refractivity contribution in [2.24, 2.45) is 5.92 Å². The molecule has 1 fully saturated rings. The van der Waals surface area contributed by atoms with E-state index in [2.05, 4.69) is 5.32 Å². The molecule has 0 radical (unpaired) electrons. The van der Waals surface area contributed by atoms with Crippen molar-refractivity contribution in [1.29, 1.82) is 0 Å². The molecular formula is C11H19NO5. The van der Waals surface area contributed by atoms with Crippen LogP contribution in [0.3, 0.4) is 0 Å². The van der Waals surface area contributed by atoms with Crippen molar-refractivity contribution in [3.8, 4) is 0 Å². The van der Waals surface area contributed by atoms with Gasteiger partial charge in [-0.2, -0.15) is 0 Å². The molecule has 0 aromatic heterocycles. The van der Waals surface area contributed by atoms with Crippen LogP contribution in [0.4, 0.5) is 4.79 Å². The largest absolute Gasteiger partial charge is 0.481 e. The van der Waals surface area contributed by atoms with Gasteiger partial charge in [-0.25, -0.2) is 4.79 Å². The van der Waals surface area contributed by atoms with Crippen molar-refractivity contribution in [2.45, 2.75) is 38.8 Å². The third kappa shape index (κ3) is 5.04. The Morgan fingerprint density at radius 1 is 1.41 bits per heavy atom. The van der Waals surface area contributed by atoms with Gasteiger partial charge in [0.25, 0.3) is 0 Å². The predicted molar refractivity (Wildman–Crippen MR) is 59.7 cm³/mol. The quantitative estimate of drug-likeness (QED) is 0.774. The second kappa shape index (κ2) is 5.35. The van der Waals surface area contributed by atoms with Gasteiger partial charge in [-0.3, -0.25) is 4.79 Å². The first-order valence-corrected chi connectivity index (χ1v) is 5.57. The summed E-state index contributed by atoms with van der Waals surface area (Å²) in [6.45, 7) is 6.00. The number of ether oxygens (including phenoxy) is 2. The number of nitrogens with one attached hydrogen (secondary N) is 1. The Kier molecular flexibility index (Phi) is 4.34. The van der Waals surface area contributed by atoms with Crippen LogP contribution in [0.2, 0.25) is 0 Å². The van der Waals surface area contributed by atoms with Gasteiger partial charge in [0.2, 0.25) is 0 Å². The maximum absolute atomic E-state index is 11.5. The van der Waals surface area contributed by atoms with Gasteiger partial charge in [-0.05, 0) is 20.8 Å². The van der Waals surface area contributed by atoms with Gasteiger partial charge in [0.1, 0.15) is 5.60 Å². The first kappa shape index (κ1) is 13.8. The lowest BCUT2D eigenvalue weighted by atomic mass is 10.0. The molecule has 1 saturated heterocycles. The Labute approximate surface area is 100 Å². The van der Waals surface area contributed by atoms with E-state index in [-0.39, 0.29) is 18.4 Å². The van der Waals surface area contributed by atoms with E-state index in [1.165, 1.54) is 0 Å². The summed E-state index contributed by atoms with van der Waals surface area (Å²) in [6.07, 6.45) is -0.552. The van der Waals surface area contributed by atoms with Gasteiger partial charge in [0, 0.05) is 5.92 Å². The lowest BCUT2D eigenvalue weighted by Crippen LogP contribution is -2.43. The zero-order valence-corrected chi connectivity index (χ0v) is 10.4. The van der Waals surface area contributed by atoms with Crippen molar-refractivity contribution >= 4 is 12.1 Å². The Bertz CT molecular complexity index is 297. The molecule has 0 aromatic rings. The standard InChI is InChI=1S/C11H19NO5/c1-11(2,3)17-10(15)12-8-6-16-5-7(8)4-9(13)14/h7-8H,4-6H2,1-3H3,(H,12,15)(H,13,14)/t7-,8+/m0/s1. The number of carbonyl (C=O) groups is 2. The normalized spacial score (nSPS) is 24.4. The fourth-order valence-corrected chi connectivity index (χ4v) is 1.64. The molecule has 0 aromatic carbocycles. The number of carbonyl (C=O) groups excluding carboxylic acids is 1. The van der Waals surface area contributed by atoms with E-state index in [0.29, 0.717) is 13.2 Å². The number of alkyl carbamates (subject to hydrolysis) is 1. The minimum Gasteiger partial charge on any atom is -0.481 e. The van der Waals surface area contributed by atoms with Crippen LogP contribution in [0.5, 0.6) is 0 Å². The summed E-state index contributed by atoms with van der Waals surface area (Å²) in [4.78, 5) is 22.1. The zero-order chi connectivity index (χ0) is 13.1. The highest BCUT2D eigenvalue weighted by atomic mass is 16.6. The van der Waals surface area contributed by atoms with Crippen LogP contribution in [0, 0.1) is 5.92 Å². The molecule has 6 heteroatoms. The van der Waals surface area contributed by atoms with Crippen molar-refractivity contribution < 1.29 is 24.2 Å². The summed E-state index contributed by atoms with van der Waals surface area (Å²) in [7, 11) is 0. The van der Waals surface area contributed by atoms with Crippen LogP contribution in [-0.2, 0) is 14.3 Å². The molecule has 0 bridgehead atoms. The third-order valence-electron chi connectivity index (χ3n) is 2.34. The first-order valence-electron chi connectivity index (χ1n) is 5.57. The number of carboxylic acids is 1. The Morgan fingerprint density at radius 3 is 2.59 bits per heavy atom. The van der Waals surface area contributed by atoms with Gasteiger partial charge in [-0.1, -0.05) is 0 Å². The number of carboxylic acid groups (broad SMARTS) is 1. The SMILES string of the molecule is CC(C)(C)OC(=O)N[C@@H]1COC[C@@H]1CC(=O)O. The summed E-state index contributed by atoms with van der Waals surface area (Å²) >= 11 is 0. The molecular weight excluding hydrogens is 226 g/mol. The number of amides is 1. The number of hydrogen-bond donors (Lipinski definition) is 2. The van der Waals surface area contributed by atoms with Crippen molar-refractivity contribution in [1.82, 2.24) is 5.32 Å². The Morgan fingerprint density at radius 2 is 2.06 bits per heavy atom. The average Bonchev–Trinajstić information content (AvgIpc) is 2.47. The van der Waals surface area contributed by atoms with Crippen LogP contribution >= 0.6 is 0 Å². The molecule has 1 rings (SSSR count). The van der Waals surface area contributed by atoms with Crippen molar-refractivity contribution in [2.75, 3.05) is 13.2 Å². The average molecular weight is 245 g/mol. The summed E-state index contributed by atoms with van der Waals surface area (Å²) in [6, 6.07) is -0.291. The van der Waals surface area contributed by atoms with Gasteiger partial charge < -0.3 is 19.9 Å². The fraction of sp³-hybridized carbons (Fsp3) is 0.818. The van der Waals surface area contributed by atoms with E-state index in [1.807, 2.05) is 0 Å². The Balaban J connectivity index is 2.44. The smallest absolute Gasteiger partial charge is 0.407 e. The Hall–Kier alpha value is -1.30. The molecule has 0 unspecified atom stereocenters. The molecule has 2 atom stereocenters. The van der Waals surface area contributed by atoms with Crippen molar-refractivity contribution in [3.63, 3.8) is 0 Å². The van der Waals surface area contributed by atoms with Gasteiger partial charge in [-0.15, -0.1) is 0 Å². The highest BCUT2D eigenvalue weighted by molar-refractivity contribution is 5.69. The van der Waals surface area contributed by atoms with E-state index >= 15 is 0 Å². The molecule has 1 heterocycles. The zero-order valence-electron chi connectivity index (χ0n) is 10.4. The van der Waals surface area contributed by atoms with E-state index in [0.717, 1.165) is 0 Å². The molecule has 98 valence electrons. The highest BCUT2D eigenvalue weighted by Crippen LogP contribution is 2.18. The number of rotatable bonds is 3. The maximum atomic E-state index is 11.5. The van der Waals surface area contributed by atoms with Crippen molar-refractivity contribution in [3.05, 3.63) is 0 Å². The summed E-state index contributed by atoms with van der Waals surface area (Å²) < 4.78 is 10.3. The molecule has 2 N–H and O–H groups in total. The van der Waals surface area contributed by atoms with E-state index in [4.69, 9.17) is 14.6 Å². The van der Waals surface area contributed by atoms with Crippen LogP contribution in [0.15, 0.2) is 0 Å².